The Labute approximate surface area is 60.1 Å². The van der Waals surface area contributed by atoms with Gasteiger partial charge in [-0.25, -0.2) is 4.98 Å². The van der Waals surface area contributed by atoms with Crippen LogP contribution in [0, 0.1) is 0 Å². The van der Waals surface area contributed by atoms with Gasteiger partial charge in [0.25, 0.3) is 0 Å². The maximum Gasteiger partial charge on any atom is 0.0960 e. The zero-order valence-electron chi connectivity index (χ0n) is 6.29. The van der Waals surface area contributed by atoms with E-state index in [4.69, 9.17) is 7.10 Å². The summed E-state index contributed by atoms with van der Waals surface area (Å²) in [7, 11) is 0. The van der Waals surface area contributed by atoms with Crippen molar-refractivity contribution in [1.29, 1.82) is 0 Å². The van der Waals surface area contributed by atoms with Crippen molar-refractivity contribution in [2.24, 2.45) is 5.73 Å². The molecular weight excluding hydrogens is 132 g/mol. The van der Waals surface area contributed by atoms with Crippen molar-refractivity contribution in [3.8, 4) is 0 Å². The average Bonchev–Trinajstić information content (AvgIpc) is 2.34. The van der Waals surface area contributed by atoms with Gasteiger partial charge in [0, 0.05) is 11.4 Å². The number of hydrogen-bond donors (Lipinski definition) is 1. The molecule has 9 heavy (non-hydrogen) atoms. The fourth-order valence-electron chi connectivity index (χ4n) is 0.572. The summed E-state index contributed by atoms with van der Waals surface area (Å²) in [5.41, 5.74) is 6.86. The summed E-state index contributed by atoms with van der Waals surface area (Å²) in [6.45, 7) is 2.01. The molecule has 0 aliphatic heterocycles. The van der Waals surface area contributed by atoms with E-state index in [2.05, 4.69) is 4.98 Å². The second kappa shape index (κ2) is 2.94. The molecule has 1 aromatic rings. The Bertz CT molecular complexity index is 211. The van der Waals surface area contributed by atoms with Crippen LogP contribution in [0.3, 0.4) is 0 Å². The second-order valence-electron chi connectivity index (χ2n) is 1.88. The first-order valence-corrected chi connectivity index (χ1v) is 3.79. The number of aromatic nitrogens is 1. The molecule has 1 rings (SSSR count). The van der Waals surface area contributed by atoms with E-state index in [-0.39, 0.29) is 6.04 Å². The van der Waals surface area contributed by atoms with E-state index in [1.807, 2.05) is 12.3 Å². The average molecular weight is 143 g/mol. The largest absolute Gasteiger partial charge is 0.323 e. The van der Waals surface area contributed by atoms with Crippen LogP contribution in [0.2, 0.25) is 0 Å². The molecule has 0 spiro atoms. The molecular formula is C6H10N2S. The summed E-state index contributed by atoms with van der Waals surface area (Å²) < 4.78 is 7.14. The minimum atomic E-state index is 0.00958. The van der Waals surface area contributed by atoms with Gasteiger partial charge in [-0.1, -0.05) is 6.92 Å². The Balaban J connectivity index is 2.74. The minimum absolute atomic E-state index is 0.00958. The van der Waals surface area contributed by atoms with Gasteiger partial charge in [-0.3, -0.25) is 0 Å². The molecule has 0 amide bonds. The topological polar surface area (TPSA) is 38.9 Å². The Morgan fingerprint density at radius 2 is 2.89 bits per heavy atom. The van der Waals surface area contributed by atoms with Crippen LogP contribution in [0.4, 0.5) is 0 Å². The number of thiazole rings is 1. The van der Waals surface area contributed by atoms with Gasteiger partial charge in [0.05, 0.1) is 12.6 Å². The molecule has 1 atom stereocenters. The third-order valence-corrected chi connectivity index (χ3v) is 1.78. The van der Waals surface area contributed by atoms with Gasteiger partial charge in [-0.15, -0.1) is 11.3 Å². The molecule has 1 aromatic heterocycles. The maximum absolute atomic E-state index is 7.14. The van der Waals surface area contributed by atoms with Gasteiger partial charge in [-0.2, -0.15) is 0 Å². The van der Waals surface area contributed by atoms with E-state index in [0.717, 1.165) is 12.1 Å². The minimum Gasteiger partial charge on any atom is -0.323 e. The quantitative estimate of drug-likeness (QED) is 0.682. The Kier molecular flexibility index (Phi) is 1.76. The van der Waals surface area contributed by atoms with E-state index in [0.29, 0.717) is 5.49 Å². The van der Waals surface area contributed by atoms with Crippen molar-refractivity contribution in [2.75, 3.05) is 0 Å². The van der Waals surface area contributed by atoms with Crippen LogP contribution in [0.25, 0.3) is 0 Å². The lowest BCUT2D eigenvalue weighted by atomic mass is 10.2. The highest BCUT2D eigenvalue weighted by Crippen LogP contribution is 2.12. The lowest BCUT2D eigenvalue weighted by molar-refractivity contribution is 0.680. The van der Waals surface area contributed by atoms with E-state index in [9.17, 15) is 0 Å². The molecule has 0 saturated heterocycles. The number of nitrogens with two attached hydrogens (primary N) is 1. The summed E-state index contributed by atoms with van der Waals surface area (Å²) in [4.78, 5) is 3.94. The van der Waals surface area contributed by atoms with E-state index >= 15 is 0 Å². The molecule has 1 unspecified atom stereocenters. The molecule has 0 aromatic carbocycles. The molecule has 1 heterocycles. The van der Waals surface area contributed by atoms with Crippen LogP contribution in [0.5, 0.6) is 0 Å². The zero-order chi connectivity index (χ0) is 7.56. The highest BCUT2D eigenvalue weighted by atomic mass is 32.1. The summed E-state index contributed by atoms with van der Waals surface area (Å²) in [6, 6.07) is 0.00958. The molecule has 2 N–H and O–H groups in total. The van der Waals surface area contributed by atoms with E-state index in [1.165, 1.54) is 11.3 Å². The van der Waals surface area contributed by atoms with Crippen molar-refractivity contribution in [1.82, 2.24) is 4.98 Å². The predicted molar refractivity (Wildman–Crippen MR) is 39.3 cm³/mol. The van der Waals surface area contributed by atoms with Gasteiger partial charge in [0.1, 0.15) is 0 Å². The van der Waals surface area contributed by atoms with Crippen molar-refractivity contribution in [3.63, 3.8) is 0 Å². The fraction of sp³-hybridized carbons (Fsp3) is 0.500. The molecule has 0 aliphatic carbocycles. The molecule has 0 radical (unpaired) electrons. The van der Waals surface area contributed by atoms with Crippen LogP contribution >= 0.6 is 11.3 Å². The molecule has 2 nitrogen and oxygen atoms in total. The van der Waals surface area contributed by atoms with Crippen LogP contribution in [0.1, 0.15) is 26.5 Å². The molecule has 0 bridgehead atoms. The molecule has 0 aliphatic rings. The lowest BCUT2D eigenvalue weighted by Crippen LogP contribution is -2.08. The van der Waals surface area contributed by atoms with Crippen LogP contribution in [-0.4, -0.2) is 4.98 Å². The Morgan fingerprint density at radius 3 is 3.33 bits per heavy atom. The zero-order valence-corrected chi connectivity index (χ0v) is 6.11. The predicted octanol–water partition coefficient (Wildman–Crippen LogP) is 1.55. The third kappa shape index (κ3) is 1.50. The molecule has 0 saturated carbocycles. The summed E-state index contributed by atoms with van der Waals surface area (Å²) in [5.74, 6) is 0. The first-order chi connectivity index (χ1) is 4.74. The number of hydrogen-bond acceptors (Lipinski definition) is 3. The molecule has 50 valence electrons. The van der Waals surface area contributed by atoms with Gasteiger partial charge in [0.2, 0.25) is 0 Å². The third-order valence-electron chi connectivity index (χ3n) is 1.23. The van der Waals surface area contributed by atoms with E-state index in [1.54, 1.807) is 0 Å². The number of nitrogens with zero attached hydrogens (tertiary/aromatic N) is 1. The monoisotopic (exact) mass is 143 g/mol. The van der Waals surface area contributed by atoms with Gasteiger partial charge in [-0.05, 0) is 6.42 Å². The summed E-state index contributed by atoms with van der Waals surface area (Å²) in [5, 5.41) is 1.84. The Morgan fingerprint density at radius 1 is 2.11 bits per heavy atom. The highest BCUT2D eigenvalue weighted by Gasteiger charge is 2.02. The second-order valence-corrected chi connectivity index (χ2v) is 2.53. The van der Waals surface area contributed by atoms with Gasteiger partial charge in [0.15, 0.2) is 0 Å². The van der Waals surface area contributed by atoms with Crippen LogP contribution < -0.4 is 5.73 Å². The van der Waals surface area contributed by atoms with Crippen molar-refractivity contribution < 1.29 is 1.37 Å². The highest BCUT2D eigenvalue weighted by molar-refractivity contribution is 7.07. The van der Waals surface area contributed by atoms with Crippen molar-refractivity contribution in [2.45, 2.75) is 19.4 Å². The normalized spacial score (nSPS) is 15.1. The van der Waals surface area contributed by atoms with Gasteiger partial charge < -0.3 is 5.73 Å². The summed E-state index contributed by atoms with van der Waals surface area (Å²) in [6.07, 6.45) is 0.878. The van der Waals surface area contributed by atoms with Crippen LogP contribution in [0.15, 0.2) is 10.9 Å². The van der Waals surface area contributed by atoms with Crippen molar-refractivity contribution in [3.05, 3.63) is 16.6 Å². The smallest absolute Gasteiger partial charge is 0.0960 e. The lowest BCUT2D eigenvalue weighted by Gasteiger charge is -2.01. The SMILES string of the molecule is [2H]c1nc(C(N)CC)cs1. The maximum atomic E-state index is 7.14. The molecule has 0 fully saturated rings. The Hall–Kier alpha value is -0.410. The number of rotatable bonds is 2. The fourth-order valence-corrected chi connectivity index (χ4v) is 1.13. The first kappa shape index (κ1) is 5.38. The summed E-state index contributed by atoms with van der Waals surface area (Å²) >= 11 is 1.32. The van der Waals surface area contributed by atoms with E-state index < -0.39 is 0 Å². The van der Waals surface area contributed by atoms with Crippen molar-refractivity contribution >= 4 is 11.3 Å². The van der Waals surface area contributed by atoms with Crippen LogP contribution in [-0.2, 0) is 0 Å². The standard InChI is InChI=1S/C6H10N2S/c1-2-5(7)6-3-9-4-8-6/h3-5H,2,7H2,1H3/i4D. The first-order valence-electron chi connectivity index (χ1n) is 3.41. The molecule has 3 heteroatoms. The van der Waals surface area contributed by atoms with Gasteiger partial charge >= 0.3 is 0 Å².